The third-order valence-electron chi connectivity index (χ3n) is 9.20. The van der Waals surface area contributed by atoms with Crippen LogP contribution < -0.4 is 5.32 Å². The van der Waals surface area contributed by atoms with Gasteiger partial charge in [0.05, 0.1) is 23.9 Å². The molecule has 1 saturated heterocycles. The minimum absolute atomic E-state index is 0.0344. The highest BCUT2D eigenvalue weighted by Gasteiger charge is 2.68. The smallest absolute Gasteiger partial charge is 0.464 e. The van der Waals surface area contributed by atoms with Gasteiger partial charge in [0.2, 0.25) is 0 Å². The van der Waals surface area contributed by atoms with Gasteiger partial charge < -0.3 is 23.8 Å². The molecule has 1 amide bonds. The Labute approximate surface area is 212 Å². The molecule has 3 aliphatic carbocycles. The SMILES string of the molecule is CO[C@H](C(=O)N[C@@H](Cc1coc2ccccc12)B1O[C@@H]2C[C@@H]3C[C@@H](C3(C)C)[C@]2(C)O1)c1ccccc1. The van der Waals surface area contributed by atoms with Gasteiger partial charge in [-0.1, -0.05) is 62.4 Å². The van der Waals surface area contributed by atoms with E-state index in [0.717, 1.165) is 28.5 Å². The highest BCUT2D eigenvalue weighted by atomic mass is 16.7. The van der Waals surface area contributed by atoms with Crippen LogP contribution in [0.2, 0.25) is 0 Å². The summed E-state index contributed by atoms with van der Waals surface area (Å²) in [5.41, 5.74) is 2.54. The van der Waals surface area contributed by atoms with Crippen LogP contribution in [-0.4, -0.2) is 37.8 Å². The number of carbonyl (C=O) groups excluding carboxylic acids is 1. The molecule has 2 bridgehead atoms. The van der Waals surface area contributed by atoms with Crippen molar-refractivity contribution in [1.29, 1.82) is 0 Å². The zero-order valence-corrected chi connectivity index (χ0v) is 21.4. The largest absolute Gasteiger partial charge is 0.482 e. The monoisotopic (exact) mass is 487 g/mol. The van der Waals surface area contributed by atoms with E-state index in [1.165, 1.54) is 6.42 Å². The number of fused-ring (bicyclic) bond motifs is 1. The van der Waals surface area contributed by atoms with E-state index < -0.39 is 19.2 Å². The molecule has 6 atom stereocenters. The first-order valence-electron chi connectivity index (χ1n) is 13.0. The first kappa shape index (κ1) is 23.8. The zero-order valence-electron chi connectivity index (χ0n) is 21.4. The van der Waals surface area contributed by atoms with Crippen LogP contribution in [0, 0.1) is 17.3 Å². The Bertz CT molecular complexity index is 1260. The Hall–Kier alpha value is -2.61. The summed E-state index contributed by atoms with van der Waals surface area (Å²) in [7, 11) is 1.00. The van der Waals surface area contributed by atoms with Gasteiger partial charge in [0.25, 0.3) is 5.91 Å². The van der Waals surface area contributed by atoms with Crippen molar-refractivity contribution in [2.24, 2.45) is 17.3 Å². The molecule has 6 nitrogen and oxygen atoms in total. The summed E-state index contributed by atoms with van der Waals surface area (Å²) in [6.45, 7) is 6.90. The van der Waals surface area contributed by atoms with E-state index in [9.17, 15) is 4.79 Å². The highest BCUT2D eigenvalue weighted by Crippen LogP contribution is 2.65. The summed E-state index contributed by atoms with van der Waals surface area (Å²) in [5, 5.41) is 4.27. The lowest BCUT2D eigenvalue weighted by atomic mass is 9.43. The number of hydrogen-bond donors (Lipinski definition) is 1. The van der Waals surface area contributed by atoms with Gasteiger partial charge in [-0.3, -0.25) is 4.79 Å². The fourth-order valence-corrected chi connectivity index (χ4v) is 6.99. The van der Waals surface area contributed by atoms with Crippen LogP contribution in [-0.2, 0) is 25.3 Å². The van der Waals surface area contributed by atoms with Gasteiger partial charge in [-0.15, -0.1) is 0 Å². The Kier molecular flexibility index (Phi) is 5.78. The number of para-hydroxylation sites is 1. The average molecular weight is 487 g/mol. The van der Waals surface area contributed by atoms with Crippen molar-refractivity contribution in [1.82, 2.24) is 5.32 Å². The first-order valence-corrected chi connectivity index (χ1v) is 13.0. The summed E-state index contributed by atoms with van der Waals surface area (Å²) in [6, 6.07) is 17.5. The molecule has 7 heteroatoms. The topological polar surface area (TPSA) is 69.9 Å². The summed E-state index contributed by atoms with van der Waals surface area (Å²) in [4.78, 5) is 13.5. The molecule has 2 aromatic carbocycles. The second-order valence-electron chi connectivity index (χ2n) is 11.4. The molecule has 0 spiro atoms. The van der Waals surface area contributed by atoms with E-state index >= 15 is 0 Å². The minimum Gasteiger partial charge on any atom is -0.464 e. The zero-order chi connectivity index (χ0) is 25.1. The lowest BCUT2D eigenvalue weighted by molar-refractivity contribution is -0.199. The normalized spacial score (nSPS) is 29.9. The molecule has 3 aromatic rings. The number of furan rings is 1. The number of rotatable bonds is 7. The van der Waals surface area contributed by atoms with E-state index in [2.05, 4.69) is 26.1 Å². The average Bonchev–Trinajstić information content (AvgIpc) is 3.45. The highest BCUT2D eigenvalue weighted by molar-refractivity contribution is 6.48. The van der Waals surface area contributed by atoms with Crippen LogP contribution in [0.5, 0.6) is 0 Å². The molecule has 1 aromatic heterocycles. The quantitative estimate of drug-likeness (QED) is 0.469. The molecule has 4 aliphatic rings. The number of hydrogen-bond acceptors (Lipinski definition) is 5. The lowest BCUT2D eigenvalue weighted by Crippen LogP contribution is -2.65. The van der Waals surface area contributed by atoms with Crippen molar-refractivity contribution in [3.63, 3.8) is 0 Å². The third-order valence-corrected chi connectivity index (χ3v) is 9.20. The van der Waals surface area contributed by atoms with Gasteiger partial charge in [0.1, 0.15) is 5.58 Å². The fraction of sp³-hybridized carbons (Fsp3) is 0.483. The van der Waals surface area contributed by atoms with Gasteiger partial charge >= 0.3 is 7.12 Å². The molecule has 0 unspecified atom stereocenters. The molecular weight excluding hydrogens is 453 g/mol. The number of ether oxygens (including phenoxy) is 1. The van der Waals surface area contributed by atoms with E-state index in [-0.39, 0.29) is 23.0 Å². The number of benzene rings is 2. The van der Waals surface area contributed by atoms with Gasteiger partial charge in [-0.25, -0.2) is 0 Å². The van der Waals surface area contributed by atoms with Crippen molar-refractivity contribution in [3.05, 3.63) is 72.0 Å². The summed E-state index contributed by atoms with van der Waals surface area (Å²) in [5.74, 6) is 0.492. The van der Waals surface area contributed by atoms with E-state index in [0.29, 0.717) is 18.3 Å². The minimum atomic E-state index is -0.721. The number of nitrogens with one attached hydrogen (secondary N) is 1. The second kappa shape index (κ2) is 8.75. The van der Waals surface area contributed by atoms with E-state index in [4.69, 9.17) is 18.5 Å². The fourth-order valence-electron chi connectivity index (χ4n) is 6.99. The van der Waals surface area contributed by atoms with Crippen molar-refractivity contribution in [2.45, 2.75) is 63.8 Å². The van der Waals surface area contributed by atoms with Crippen molar-refractivity contribution < 1.29 is 23.3 Å². The Morgan fingerprint density at radius 1 is 1.11 bits per heavy atom. The molecule has 4 fully saturated rings. The lowest BCUT2D eigenvalue weighted by Gasteiger charge is -2.64. The van der Waals surface area contributed by atoms with E-state index in [1.807, 2.05) is 54.6 Å². The molecular formula is C29H34BNO5. The van der Waals surface area contributed by atoms with Crippen LogP contribution in [0.4, 0.5) is 0 Å². The molecule has 3 saturated carbocycles. The van der Waals surface area contributed by atoms with Crippen LogP contribution in [0.25, 0.3) is 11.0 Å². The standard InChI is InChI=1S/C29H34BNO5/c1-28(2)20-15-23(28)29(3)24(16-20)35-30(36-29)25(14-19-17-34-22-13-9-8-12-21(19)22)31-27(32)26(33-4)18-10-6-5-7-11-18/h5-13,17,20,23-26H,14-16H2,1-4H3,(H,31,32)/t20-,23-,24+,25-,26-,29-/m0/s1. The molecule has 36 heavy (non-hydrogen) atoms. The Balaban J connectivity index is 1.29. The Morgan fingerprint density at radius 3 is 2.61 bits per heavy atom. The van der Waals surface area contributed by atoms with Gasteiger partial charge in [0.15, 0.2) is 6.10 Å². The predicted molar refractivity (Wildman–Crippen MR) is 138 cm³/mol. The van der Waals surface area contributed by atoms with Crippen LogP contribution >= 0.6 is 0 Å². The number of methoxy groups -OCH3 is 1. The maximum atomic E-state index is 13.5. The van der Waals surface area contributed by atoms with Crippen molar-refractivity contribution in [3.8, 4) is 0 Å². The van der Waals surface area contributed by atoms with E-state index in [1.54, 1.807) is 13.4 Å². The molecule has 2 heterocycles. The van der Waals surface area contributed by atoms with Crippen LogP contribution in [0.3, 0.4) is 0 Å². The Morgan fingerprint density at radius 2 is 1.86 bits per heavy atom. The van der Waals surface area contributed by atoms with Crippen molar-refractivity contribution >= 4 is 24.0 Å². The summed E-state index contributed by atoms with van der Waals surface area (Å²) >= 11 is 0. The molecule has 1 aliphatic heterocycles. The molecule has 1 N–H and O–H groups in total. The summed E-state index contributed by atoms with van der Waals surface area (Å²) in [6.07, 6.45) is 3.79. The van der Waals surface area contributed by atoms with Crippen LogP contribution in [0.1, 0.15) is 50.8 Å². The first-order chi connectivity index (χ1) is 17.3. The molecule has 188 valence electrons. The number of amides is 1. The van der Waals surface area contributed by atoms with Crippen molar-refractivity contribution in [2.75, 3.05) is 7.11 Å². The third kappa shape index (κ3) is 3.71. The number of carbonyl (C=O) groups is 1. The van der Waals surface area contributed by atoms with Gasteiger partial charge in [0, 0.05) is 12.5 Å². The van der Waals surface area contributed by atoms with Gasteiger partial charge in [-0.05, 0) is 60.6 Å². The van der Waals surface area contributed by atoms with Gasteiger partial charge in [-0.2, -0.15) is 0 Å². The predicted octanol–water partition coefficient (Wildman–Crippen LogP) is 5.12. The molecule has 7 rings (SSSR count). The second-order valence-corrected chi connectivity index (χ2v) is 11.4. The summed E-state index contributed by atoms with van der Waals surface area (Å²) < 4.78 is 24.8. The molecule has 0 radical (unpaired) electrons. The maximum absolute atomic E-state index is 13.5. The van der Waals surface area contributed by atoms with Crippen LogP contribution in [0.15, 0.2) is 65.3 Å². The maximum Gasteiger partial charge on any atom is 0.482 e.